The van der Waals surface area contributed by atoms with E-state index >= 15 is 0 Å². The van der Waals surface area contributed by atoms with Gasteiger partial charge in [-0.15, -0.1) is 11.6 Å². The molecule has 1 fully saturated rings. The Hall–Kier alpha value is -1.09. The van der Waals surface area contributed by atoms with E-state index < -0.39 is 0 Å². The first-order valence-corrected chi connectivity index (χ1v) is 8.16. The van der Waals surface area contributed by atoms with Crippen LogP contribution in [0.4, 0.5) is 0 Å². The first-order valence-electron chi connectivity index (χ1n) is 7.63. The number of alkyl halides is 1. The number of halogens is 1. The van der Waals surface area contributed by atoms with E-state index in [0.29, 0.717) is 11.9 Å². The lowest BCUT2D eigenvalue weighted by Crippen LogP contribution is -2.20. The molecule has 0 radical (unpaired) electrons. The lowest BCUT2D eigenvalue weighted by Gasteiger charge is -2.30. The Bertz CT molecular complexity index is 605. The van der Waals surface area contributed by atoms with Crippen LogP contribution in [0.25, 0.3) is 11.2 Å². The number of aryl methyl sites for hydroxylation is 1. The van der Waals surface area contributed by atoms with Crippen LogP contribution >= 0.6 is 11.6 Å². The Morgan fingerprint density at radius 2 is 2.25 bits per heavy atom. The van der Waals surface area contributed by atoms with Crippen molar-refractivity contribution in [3.05, 3.63) is 23.7 Å². The second-order valence-electron chi connectivity index (χ2n) is 5.93. The molecular weight excluding hydrogens is 270 g/mol. The highest BCUT2D eigenvalue weighted by Crippen LogP contribution is 2.37. The Morgan fingerprint density at radius 3 is 3.00 bits per heavy atom. The van der Waals surface area contributed by atoms with E-state index in [1.54, 1.807) is 0 Å². The first kappa shape index (κ1) is 13.9. The molecule has 2 unspecified atom stereocenters. The molecule has 0 saturated heterocycles. The van der Waals surface area contributed by atoms with Gasteiger partial charge >= 0.3 is 0 Å². The predicted molar refractivity (Wildman–Crippen MR) is 83.1 cm³/mol. The maximum absolute atomic E-state index is 6.13. The molecule has 1 saturated carbocycles. The Labute approximate surface area is 125 Å². The standard InChI is InChI=1S/C16H22ClN3/c1-3-12-5-4-6-13(9-12)20-14(10-17)19-15-11(2)7-8-18-16(15)20/h7-8,12-13H,3-6,9-10H2,1-2H3. The number of pyridine rings is 1. The van der Waals surface area contributed by atoms with Crippen molar-refractivity contribution < 1.29 is 0 Å². The lowest BCUT2D eigenvalue weighted by atomic mass is 9.84. The minimum atomic E-state index is 0.461. The van der Waals surface area contributed by atoms with Gasteiger partial charge in [0.05, 0.1) is 5.88 Å². The summed E-state index contributed by atoms with van der Waals surface area (Å²) >= 11 is 6.13. The monoisotopic (exact) mass is 291 g/mol. The fraction of sp³-hybridized carbons (Fsp3) is 0.625. The van der Waals surface area contributed by atoms with Crippen molar-refractivity contribution in [1.82, 2.24) is 14.5 Å². The van der Waals surface area contributed by atoms with Gasteiger partial charge in [-0.2, -0.15) is 0 Å². The summed E-state index contributed by atoms with van der Waals surface area (Å²) in [6, 6.07) is 2.54. The van der Waals surface area contributed by atoms with Crippen LogP contribution in [-0.4, -0.2) is 14.5 Å². The van der Waals surface area contributed by atoms with Crippen molar-refractivity contribution in [3.63, 3.8) is 0 Å². The van der Waals surface area contributed by atoms with Gasteiger partial charge in [-0.05, 0) is 37.3 Å². The molecule has 1 aliphatic carbocycles. The fourth-order valence-corrected chi connectivity index (χ4v) is 3.69. The molecule has 0 N–H and O–H groups in total. The maximum Gasteiger partial charge on any atom is 0.160 e. The molecule has 0 aromatic carbocycles. The van der Waals surface area contributed by atoms with E-state index in [2.05, 4.69) is 23.4 Å². The number of aromatic nitrogens is 3. The summed E-state index contributed by atoms with van der Waals surface area (Å²) in [5, 5.41) is 0. The van der Waals surface area contributed by atoms with E-state index in [1.807, 2.05) is 12.3 Å². The molecule has 2 aromatic rings. The van der Waals surface area contributed by atoms with Crippen molar-refractivity contribution >= 4 is 22.8 Å². The van der Waals surface area contributed by atoms with E-state index in [0.717, 1.165) is 22.9 Å². The van der Waals surface area contributed by atoms with Crippen molar-refractivity contribution in [2.75, 3.05) is 0 Å². The van der Waals surface area contributed by atoms with Crippen LogP contribution in [0.3, 0.4) is 0 Å². The smallest absolute Gasteiger partial charge is 0.160 e. The van der Waals surface area contributed by atoms with E-state index in [-0.39, 0.29) is 0 Å². The average molecular weight is 292 g/mol. The SMILES string of the molecule is CCC1CCCC(n2c(CCl)nc3c(C)ccnc32)C1. The predicted octanol–water partition coefficient (Wildman–Crippen LogP) is 4.62. The minimum absolute atomic E-state index is 0.461. The molecule has 2 heterocycles. The molecule has 0 spiro atoms. The first-order chi connectivity index (χ1) is 9.74. The molecule has 0 bridgehead atoms. The number of rotatable bonds is 3. The Kier molecular flexibility index (Phi) is 3.97. The van der Waals surface area contributed by atoms with Gasteiger partial charge < -0.3 is 4.57 Å². The highest BCUT2D eigenvalue weighted by atomic mass is 35.5. The van der Waals surface area contributed by atoms with Crippen LogP contribution in [0, 0.1) is 12.8 Å². The number of hydrogen-bond donors (Lipinski definition) is 0. The summed E-state index contributed by atoms with van der Waals surface area (Å²) in [6.07, 6.45) is 8.28. The van der Waals surface area contributed by atoms with Crippen molar-refractivity contribution in [2.24, 2.45) is 5.92 Å². The molecule has 20 heavy (non-hydrogen) atoms. The lowest BCUT2D eigenvalue weighted by molar-refractivity contribution is 0.262. The molecule has 2 aromatic heterocycles. The topological polar surface area (TPSA) is 30.7 Å². The molecule has 3 nitrogen and oxygen atoms in total. The van der Waals surface area contributed by atoms with Crippen LogP contribution in [-0.2, 0) is 5.88 Å². The van der Waals surface area contributed by atoms with Crippen LogP contribution in [0.2, 0.25) is 0 Å². The van der Waals surface area contributed by atoms with Gasteiger partial charge in [-0.1, -0.05) is 26.2 Å². The molecule has 108 valence electrons. The quantitative estimate of drug-likeness (QED) is 0.773. The Balaban J connectivity index is 2.07. The number of fused-ring (bicyclic) bond motifs is 1. The second kappa shape index (κ2) is 5.72. The fourth-order valence-electron chi connectivity index (χ4n) is 3.50. The summed E-state index contributed by atoms with van der Waals surface area (Å²) in [7, 11) is 0. The highest BCUT2D eigenvalue weighted by Gasteiger charge is 2.26. The van der Waals surface area contributed by atoms with Gasteiger partial charge in [0.25, 0.3) is 0 Å². The number of nitrogens with zero attached hydrogens (tertiary/aromatic N) is 3. The van der Waals surface area contributed by atoms with Crippen molar-refractivity contribution in [1.29, 1.82) is 0 Å². The molecule has 0 aliphatic heterocycles. The summed E-state index contributed by atoms with van der Waals surface area (Å²) in [5.74, 6) is 2.27. The zero-order chi connectivity index (χ0) is 14.1. The molecule has 1 aliphatic rings. The summed E-state index contributed by atoms with van der Waals surface area (Å²) in [6.45, 7) is 4.39. The second-order valence-corrected chi connectivity index (χ2v) is 6.19. The third-order valence-corrected chi connectivity index (χ3v) is 4.91. The third-order valence-electron chi connectivity index (χ3n) is 4.67. The summed E-state index contributed by atoms with van der Waals surface area (Å²) < 4.78 is 2.32. The van der Waals surface area contributed by atoms with E-state index in [1.165, 1.54) is 37.7 Å². The maximum atomic E-state index is 6.13. The van der Waals surface area contributed by atoms with Gasteiger partial charge in [0.1, 0.15) is 11.3 Å². The molecular formula is C16H22ClN3. The van der Waals surface area contributed by atoms with Crippen LogP contribution < -0.4 is 0 Å². The molecule has 3 rings (SSSR count). The van der Waals surface area contributed by atoms with Crippen LogP contribution in [0.5, 0.6) is 0 Å². The molecule has 0 amide bonds. The Morgan fingerprint density at radius 1 is 1.40 bits per heavy atom. The minimum Gasteiger partial charge on any atom is -0.309 e. The summed E-state index contributed by atoms with van der Waals surface area (Å²) in [4.78, 5) is 9.30. The van der Waals surface area contributed by atoms with Crippen molar-refractivity contribution in [3.8, 4) is 0 Å². The van der Waals surface area contributed by atoms with Crippen molar-refractivity contribution in [2.45, 2.75) is 57.9 Å². The largest absolute Gasteiger partial charge is 0.309 e. The normalized spacial score (nSPS) is 23.4. The van der Waals surface area contributed by atoms with Crippen LogP contribution in [0.1, 0.15) is 56.5 Å². The zero-order valence-electron chi connectivity index (χ0n) is 12.3. The van der Waals surface area contributed by atoms with Gasteiger partial charge in [0.2, 0.25) is 0 Å². The van der Waals surface area contributed by atoms with Gasteiger partial charge in [0, 0.05) is 12.2 Å². The van der Waals surface area contributed by atoms with E-state index in [9.17, 15) is 0 Å². The molecule has 4 heteroatoms. The third kappa shape index (κ3) is 2.32. The zero-order valence-corrected chi connectivity index (χ0v) is 13.0. The van der Waals surface area contributed by atoms with Gasteiger partial charge in [-0.3, -0.25) is 0 Å². The van der Waals surface area contributed by atoms with Gasteiger partial charge in [-0.25, -0.2) is 9.97 Å². The van der Waals surface area contributed by atoms with E-state index in [4.69, 9.17) is 16.6 Å². The average Bonchev–Trinajstić information content (AvgIpc) is 2.87. The number of hydrogen-bond acceptors (Lipinski definition) is 2. The molecule has 2 atom stereocenters. The number of imidazole rings is 1. The van der Waals surface area contributed by atoms with Crippen LogP contribution in [0.15, 0.2) is 12.3 Å². The summed E-state index contributed by atoms with van der Waals surface area (Å²) in [5.41, 5.74) is 3.21. The highest BCUT2D eigenvalue weighted by molar-refractivity contribution is 6.16. The van der Waals surface area contributed by atoms with Gasteiger partial charge in [0.15, 0.2) is 5.65 Å².